The summed E-state index contributed by atoms with van der Waals surface area (Å²) in [7, 11) is 0. The van der Waals surface area contributed by atoms with Gasteiger partial charge in [-0.1, -0.05) is 0 Å². The van der Waals surface area contributed by atoms with Crippen molar-refractivity contribution in [1.29, 1.82) is 0 Å². The average molecular weight is 290 g/mol. The van der Waals surface area contributed by atoms with Gasteiger partial charge in [-0.2, -0.15) is 0 Å². The van der Waals surface area contributed by atoms with Crippen LogP contribution in [0, 0.1) is 5.82 Å². The summed E-state index contributed by atoms with van der Waals surface area (Å²) in [4.78, 5) is 11.4. The lowest BCUT2D eigenvalue weighted by molar-refractivity contribution is -0.116. The highest BCUT2D eigenvalue weighted by molar-refractivity contribution is 9.10. The van der Waals surface area contributed by atoms with Gasteiger partial charge in [-0.25, -0.2) is 4.39 Å². The molecule has 0 aliphatic carbocycles. The molecular formula is C11H13BrFNO2. The first-order chi connectivity index (χ1) is 7.49. The van der Waals surface area contributed by atoms with Crippen molar-refractivity contribution in [3.8, 4) is 0 Å². The number of carbonyl (C=O) groups is 1. The first-order valence-electron chi connectivity index (χ1n) is 4.92. The predicted octanol–water partition coefficient (Wildman–Crippen LogP) is 2.69. The molecule has 0 saturated heterocycles. The molecule has 0 aliphatic rings. The number of aliphatic hydroxyl groups excluding tert-OH is 1. The summed E-state index contributed by atoms with van der Waals surface area (Å²) in [6, 6.07) is 4.37. The van der Waals surface area contributed by atoms with Crippen LogP contribution in [0.25, 0.3) is 0 Å². The van der Waals surface area contributed by atoms with Gasteiger partial charge in [0.05, 0.1) is 10.6 Å². The van der Waals surface area contributed by atoms with Crippen molar-refractivity contribution in [2.24, 2.45) is 0 Å². The van der Waals surface area contributed by atoms with Crippen LogP contribution in [0.5, 0.6) is 0 Å². The van der Waals surface area contributed by atoms with Crippen LogP contribution >= 0.6 is 15.9 Å². The Balaban J connectivity index is 2.53. The van der Waals surface area contributed by atoms with Crippen molar-refractivity contribution < 1.29 is 14.3 Å². The van der Waals surface area contributed by atoms with Crippen LogP contribution in [0.1, 0.15) is 19.8 Å². The Labute approximate surface area is 102 Å². The van der Waals surface area contributed by atoms with Crippen molar-refractivity contribution >= 4 is 27.5 Å². The van der Waals surface area contributed by atoms with Gasteiger partial charge in [-0.05, 0) is 47.5 Å². The molecule has 3 nitrogen and oxygen atoms in total. The molecule has 1 rings (SSSR count). The topological polar surface area (TPSA) is 49.3 Å². The van der Waals surface area contributed by atoms with E-state index >= 15 is 0 Å². The van der Waals surface area contributed by atoms with Crippen LogP contribution < -0.4 is 5.32 Å². The molecule has 0 radical (unpaired) electrons. The molecule has 0 heterocycles. The van der Waals surface area contributed by atoms with Gasteiger partial charge in [0.15, 0.2) is 0 Å². The number of anilines is 1. The molecule has 1 amide bonds. The van der Waals surface area contributed by atoms with Crippen molar-refractivity contribution in [2.75, 3.05) is 5.32 Å². The molecule has 0 fully saturated rings. The SMILES string of the molecule is CC(O)CCC(=O)Nc1ccc(Br)c(F)c1. The van der Waals surface area contributed by atoms with E-state index in [-0.39, 0.29) is 12.3 Å². The first kappa shape index (κ1) is 13.1. The summed E-state index contributed by atoms with van der Waals surface area (Å²) in [6.07, 6.45) is 0.104. The average Bonchev–Trinajstić information content (AvgIpc) is 2.21. The summed E-state index contributed by atoms with van der Waals surface area (Å²) in [5, 5.41) is 11.6. The molecule has 1 unspecified atom stereocenters. The Hall–Kier alpha value is -0.940. The second kappa shape index (κ2) is 5.96. The molecule has 1 aromatic carbocycles. The lowest BCUT2D eigenvalue weighted by Crippen LogP contribution is -2.14. The van der Waals surface area contributed by atoms with E-state index in [1.165, 1.54) is 12.1 Å². The highest BCUT2D eigenvalue weighted by Gasteiger charge is 2.06. The third-order valence-electron chi connectivity index (χ3n) is 1.99. The normalized spacial score (nSPS) is 12.2. The molecule has 2 N–H and O–H groups in total. The molecule has 1 atom stereocenters. The fourth-order valence-corrected chi connectivity index (χ4v) is 1.38. The molecule has 16 heavy (non-hydrogen) atoms. The van der Waals surface area contributed by atoms with E-state index in [0.717, 1.165) is 0 Å². The van der Waals surface area contributed by atoms with Crippen LogP contribution in [0.3, 0.4) is 0 Å². The lowest BCUT2D eigenvalue weighted by atomic mass is 10.2. The standard InChI is InChI=1S/C11H13BrFNO2/c1-7(15)2-5-11(16)14-8-3-4-9(12)10(13)6-8/h3-4,6-7,15H,2,5H2,1H3,(H,14,16). The van der Waals surface area contributed by atoms with E-state index in [9.17, 15) is 9.18 Å². The van der Waals surface area contributed by atoms with E-state index in [1.54, 1.807) is 13.0 Å². The van der Waals surface area contributed by atoms with Crippen LogP contribution in [0.4, 0.5) is 10.1 Å². The van der Waals surface area contributed by atoms with Gasteiger partial charge in [-0.15, -0.1) is 0 Å². The Kier molecular flexibility index (Phi) is 4.89. The quantitative estimate of drug-likeness (QED) is 0.895. The Morgan fingerprint density at radius 3 is 2.88 bits per heavy atom. The van der Waals surface area contributed by atoms with Gasteiger partial charge >= 0.3 is 0 Å². The third kappa shape index (κ3) is 4.28. The molecule has 0 bridgehead atoms. The maximum atomic E-state index is 13.1. The number of carbonyl (C=O) groups excluding carboxylic acids is 1. The molecule has 0 aliphatic heterocycles. The number of rotatable bonds is 4. The van der Waals surface area contributed by atoms with E-state index in [1.807, 2.05) is 0 Å². The number of aliphatic hydroxyl groups is 1. The smallest absolute Gasteiger partial charge is 0.224 e. The van der Waals surface area contributed by atoms with Gasteiger partial charge < -0.3 is 10.4 Å². The molecule has 1 aromatic rings. The number of amides is 1. The van der Waals surface area contributed by atoms with E-state index < -0.39 is 11.9 Å². The summed E-state index contributed by atoms with van der Waals surface area (Å²) in [6.45, 7) is 1.62. The summed E-state index contributed by atoms with van der Waals surface area (Å²) in [5.74, 6) is -0.657. The number of nitrogens with one attached hydrogen (secondary N) is 1. The maximum Gasteiger partial charge on any atom is 0.224 e. The Morgan fingerprint density at radius 1 is 1.62 bits per heavy atom. The van der Waals surface area contributed by atoms with Gasteiger partial charge in [0.1, 0.15) is 5.82 Å². The van der Waals surface area contributed by atoms with Gasteiger partial charge in [-0.3, -0.25) is 4.79 Å². The fourth-order valence-electron chi connectivity index (χ4n) is 1.14. The number of hydrogen-bond acceptors (Lipinski definition) is 2. The maximum absolute atomic E-state index is 13.1. The lowest BCUT2D eigenvalue weighted by Gasteiger charge is -2.07. The van der Waals surface area contributed by atoms with Crippen molar-refractivity contribution in [3.63, 3.8) is 0 Å². The zero-order valence-electron chi connectivity index (χ0n) is 8.84. The van der Waals surface area contributed by atoms with Gasteiger partial charge in [0, 0.05) is 12.1 Å². The minimum absolute atomic E-state index is 0.218. The van der Waals surface area contributed by atoms with Crippen LogP contribution in [-0.4, -0.2) is 17.1 Å². The monoisotopic (exact) mass is 289 g/mol. The number of halogens is 2. The Bertz CT molecular complexity index is 382. The van der Waals surface area contributed by atoms with Crippen LogP contribution in [0.15, 0.2) is 22.7 Å². The molecule has 0 aromatic heterocycles. The van der Waals surface area contributed by atoms with E-state index in [2.05, 4.69) is 21.2 Å². The minimum atomic E-state index is -0.507. The van der Waals surface area contributed by atoms with Crippen molar-refractivity contribution in [3.05, 3.63) is 28.5 Å². The zero-order valence-corrected chi connectivity index (χ0v) is 10.4. The second-order valence-electron chi connectivity index (χ2n) is 3.56. The van der Waals surface area contributed by atoms with Crippen molar-refractivity contribution in [2.45, 2.75) is 25.9 Å². The summed E-state index contributed by atoms with van der Waals surface area (Å²) < 4.78 is 13.5. The number of hydrogen-bond donors (Lipinski definition) is 2. The second-order valence-corrected chi connectivity index (χ2v) is 4.42. The molecule has 5 heteroatoms. The van der Waals surface area contributed by atoms with E-state index in [0.29, 0.717) is 16.6 Å². The highest BCUT2D eigenvalue weighted by atomic mass is 79.9. The third-order valence-corrected chi connectivity index (χ3v) is 2.64. The minimum Gasteiger partial charge on any atom is -0.393 e. The molecule has 0 spiro atoms. The predicted molar refractivity (Wildman–Crippen MR) is 63.6 cm³/mol. The summed E-state index contributed by atoms with van der Waals surface area (Å²) >= 11 is 3.02. The molecule has 88 valence electrons. The zero-order chi connectivity index (χ0) is 12.1. The largest absolute Gasteiger partial charge is 0.393 e. The first-order valence-corrected chi connectivity index (χ1v) is 5.71. The van der Waals surface area contributed by atoms with Crippen LogP contribution in [-0.2, 0) is 4.79 Å². The van der Waals surface area contributed by atoms with E-state index in [4.69, 9.17) is 5.11 Å². The molecular weight excluding hydrogens is 277 g/mol. The number of benzene rings is 1. The fraction of sp³-hybridized carbons (Fsp3) is 0.364. The van der Waals surface area contributed by atoms with Crippen molar-refractivity contribution in [1.82, 2.24) is 0 Å². The van der Waals surface area contributed by atoms with Crippen LogP contribution in [0.2, 0.25) is 0 Å². The van der Waals surface area contributed by atoms with Gasteiger partial charge in [0.2, 0.25) is 5.91 Å². The summed E-state index contributed by atoms with van der Waals surface area (Å²) in [5.41, 5.74) is 0.413. The van der Waals surface area contributed by atoms with Gasteiger partial charge in [0.25, 0.3) is 0 Å². The Morgan fingerprint density at radius 2 is 2.31 bits per heavy atom. The highest BCUT2D eigenvalue weighted by Crippen LogP contribution is 2.19. The molecule has 0 saturated carbocycles.